The van der Waals surface area contributed by atoms with Gasteiger partial charge in [-0.1, -0.05) is 32.4 Å². The number of ether oxygens (including phenoxy) is 1. The summed E-state index contributed by atoms with van der Waals surface area (Å²) in [5, 5.41) is 0.196. The predicted octanol–water partition coefficient (Wildman–Crippen LogP) is 3.13. The van der Waals surface area contributed by atoms with E-state index in [1.807, 2.05) is 0 Å². The number of halogens is 1. The third-order valence-corrected chi connectivity index (χ3v) is 2.65. The fraction of sp³-hybridized carbons (Fsp3) is 0.800. The summed E-state index contributed by atoms with van der Waals surface area (Å²) in [5.74, 6) is 0. The average Bonchev–Trinajstić information content (AvgIpc) is 2.83. The Balaban J connectivity index is 2.15. The molecular weight excluding hydrogens is 172 g/mol. The Labute approximate surface area is 79.7 Å². The Hall–Kier alpha value is -0.0100. The molecule has 1 saturated heterocycles. The minimum absolute atomic E-state index is 0.196. The molecule has 0 aromatic rings. The van der Waals surface area contributed by atoms with Gasteiger partial charge in [-0.15, -0.1) is 11.6 Å². The average molecular weight is 189 g/mol. The highest BCUT2D eigenvalue weighted by molar-refractivity contribution is 6.21. The van der Waals surface area contributed by atoms with E-state index in [0.717, 1.165) is 12.8 Å². The van der Waals surface area contributed by atoms with E-state index in [1.165, 1.54) is 6.42 Å². The van der Waals surface area contributed by atoms with E-state index < -0.39 is 0 Å². The molecular formula is C10H17ClO. The SMILES string of the molecule is CCC/C=C\[C@@H]1O[C@@H]1[C@H](Cl)CC. The molecule has 1 aliphatic heterocycles. The first-order chi connectivity index (χ1) is 5.79. The van der Waals surface area contributed by atoms with Crippen molar-refractivity contribution in [3.63, 3.8) is 0 Å². The van der Waals surface area contributed by atoms with Gasteiger partial charge in [0.15, 0.2) is 0 Å². The van der Waals surface area contributed by atoms with E-state index in [9.17, 15) is 0 Å². The van der Waals surface area contributed by atoms with Gasteiger partial charge < -0.3 is 4.74 Å². The first kappa shape index (κ1) is 10.1. The quantitative estimate of drug-likeness (QED) is 0.367. The molecule has 0 saturated carbocycles. The van der Waals surface area contributed by atoms with Crippen molar-refractivity contribution in [2.45, 2.75) is 50.7 Å². The molecule has 0 spiro atoms. The normalized spacial score (nSPS) is 30.9. The van der Waals surface area contributed by atoms with Gasteiger partial charge in [-0.25, -0.2) is 0 Å². The number of hydrogen-bond donors (Lipinski definition) is 0. The topological polar surface area (TPSA) is 12.5 Å². The van der Waals surface area contributed by atoms with E-state index >= 15 is 0 Å². The molecule has 0 radical (unpaired) electrons. The molecule has 0 aliphatic carbocycles. The molecule has 70 valence electrons. The van der Waals surface area contributed by atoms with Crippen LogP contribution in [0.1, 0.15) is 33.1 Å². The van der Waals surface area contributed by atoms with Crippen LogP contribution in [-0.2, 0) is 4.74 Å². The molecule has 1 rings (SSSR count). The molecule has 0 unspecified atom stereocenters. The summed E-state index contributed by atoms with van der Waals surface area (Å²) in [6, 6.07) is 0. The van der Waals surface area contributed by atoms with Gasteiger partial charge in [-0.2, -0.15) is 0 Å². The second kappa shape index (κ2) is 4.88. The van der Waals surface area contributed by atoms with E-state index in [-0.39, 0.29) is 11.5 Å². The Bertz CT molecular complexity index is 156. The second-order valence-corrected chi connectivity index (χ2v) is 3.77. The van der Waals surface area contributed by atoms with Gasteiger partial charge >= 0.3 is 0 Å². The van der Waals surface area contributed by atoms with Gasteiger partial charge in [0, 0.05) is 0 Å². The van der Waals surface area contributed by atoms with Crippen LogP contribution in [0, 0.1) is 0 Å². The van der Waals surface area contributed by atoms with Crippen LogP contribution in [-0.4, -0.2) is 17.6 Å². The smallest absolute Gasteiger partial charge is 0.104 e. The van der Waals surface area contributed by atoms with Crippen LogP contribution >= 0.6 is 11.6 Å². The molecule has 0 bridgehead atoms. The van der Waals surface area contributed by atoms with Crippen LogP contribution in [0.5, 0.6) is 0 Å². The van der Waals surface area contributed by atoms with Crippen molar-refractivity contribution in [1.29, 1.82) is 0 Å². The fourth-order valence-corrected chi connectivity index (χ4v) is 1.41. The molecule has 2 heteroatoms. The lowest BCUT2D eigenvalue weighted by molar-refractivity contribution is 0.380. The number of hydrogen-bond acceptors (Lipinski definition) is 1. The van der Waals surface area contributed by atoms with E-state index in [4.69, 9.17) is 16.3 Å². The number of alkyl halides is 1. The summed E-state index contributed by atoms with van der Waals surface area (Å²) in [7, 11) is 0. The van der Waals surface area contributed by atoms with E-state index in [2.05, 4.69) is 26.0 Å². The Morgan fingerprint density at radius 2 is 2.25 bits per heavy atom. The fourth-order valence-electron chi connectivity index (χ4n) is 1.21. The summed E-state index contributed by atoms with van der Waals surface area (Å²) >= 11 is 6.01. The Morgan fingerprint density at radius 1 is 1.50 bits per heavy atom. The summed E-state index contributed by atoms with van der Waals surface area (Å²) < 4.78 is 5.40. The summed E-state index contributed by atoms with van der Waals surface area (Å²) in [6.45, 7) is 4.26. The van der Waals surface area contributed by atoms with Crippen LogP contribution in [0.3, 0.4) is 0 Å². The number of unbranched alkanes of at least 4 members (excludes halogenated alkanes) is 1. The zero-order valence-corrected chi connectivity index (χ0v) is 8.55. The van der Waals surface area contributed by atoms with Gasteiger partial charge in [0.25, 0.3) is 0 Å². The van der Waals surface area contributed by atoms with Crippen molar-refractivity contribution in [2.75, 3.05) is 0 Å². The van der Waals surface area contributed by atoms with Gasteiger partial charge in [-0.05, 0) is 12.8 Å². The van der Waals surface area contributed by atoms with Crippen molar-refractivity contribution in [2.24, 2.45) is 0 Å². The van der Waals surface area contributed by atoms with Crippen molar-refractivity contribution in [1.82, 2.24) is 0 Å². The zero-order chi connectivity index (χ0) is 8.97. The minimum Gasteiger partial charge on any atom is -0.364 e. The Kier molecular flexibility index (Phi) is 4.10. The highest BCUT2D eigenvalue weighted by atomic mass is 35.5. The number of allylic oxidation sites excluding steroid dienone is 1. The molecule has 1 aliphatic rings. The molecule has 0 aromatic carbocycles. The molecule has 0 amide bonds. The van der Waals surface area contributed by atoms with Crippen molar-refractivity contribution < 1.29 is 4.74 Å². The van der Waals surface area contributed by atoms with Crippen molar-refractivity contribution in [3.05, 3.63) is 12.2 Å². The molecule has 1 nitrogen and oxygen atoms in total. The molecule has 0 N–H and O–H groups in total. The van der Waals surface area contributed by atoms with E-state index in [0.29, 0.717) is 6.10 Å². The van der Waals surface area contributed by atoms with Crippen molar-refractivity contribution in [3.8, 4) is 0 Å². The highest BCUT2D eigenvalue weighted by Gasteiger charge is 2.41. The van der Waals surface area contributed by atoms with Crippen molar-refractivity contribution >= 4 is 11.6 Å². The van der Waals surface area contributed by atoms with Crippen LogP contribution in [0.2, 0.25) is 0 Å². The third kappa shape index (κ3) is 2.80. The van der Waals surface area contributed by atoms with Crippen LogP contribution in [0.25, 0.3) is 0 Å². The Morgan fingerprint density at radius 3 is 2.83 bits per heavy atom. The number of rotatable bonds is 5. The number of epoxide rings is 1. The first-order valence-corrected chi connectivity index (χ1v) is 5.19. The summed E-state index contributed by atoms with van der Waals surface area (Å²) in [6.07, 6.45) is 8.24. The predicted molar refractivity (Wildman–Crippen MR) is 52.6 cm³/mol. The maximum absolute atomic E-state index is 6.01. The second-order valence-electron chi connectivity index (χ2n) is 3.21. The van der Waals surface area contributed by atoms with Crippen LogP contribution in [0.15, 0.2) is 12.2 Å². The van der Waals surface area contributed by atoms with Gasteiger partial charge in [-0.3, -0.25) is 0 Å². The zero-order valence-electron chi connectivity index (χ0n) is 7.79. The lowest BCUT2D eigenvalue weighted by Gasteiger charge is -1.97. The standard InChI is InChI=1S/C10H17ClO/c1-3-5-6-7-9-10(12-9)8(11)4-2/h6-10H,3-5H2,1-2H3/b7-6-/t8-,9+,10-/m1/s1. The lowest BCUT2D eigenvalue weighted by atomic mass is 10.2. The monoisotopic (exact) mass is 188 g/mol. The van der Waals surface area contributed by atoms with Gasteiger partial charge in [0.2, 0.25) is 0 Å². The molecule has 1 heterocycles. The van der Waals surface area contributed by atoms with Gasteiger partial charge in [0.05, 0.1) is 5.38 Å². The molecule has 1 fully saturated rings. The van der Waals surface area contributed by atoms with Gasteiger partial charge in [0.1, 0.15) is 12.2 Å². The maximum atomic E-state index is 6.01. The molecule has 0 aromatic heterocycles. The minimum atomic E-state index is 0.196. The van der Waals surface area contributed by atoms with Crippen LogP contribution < -0.4 is 0 Å². The maximum Gasteiger partial charge on any atom is 0.104 e. The summed E-state index contributed by atoms with van der Waals surface area (Å²) in [4.78, 5) is 0. The summed E-state index contributed by atoms with van der Waals surface area (Å²) in [5.41, 5.74) is 0. The third-order valence-electron chi connectivity index (χ3n) is 2.09. The highest BCUT2D eigenvalue weighted by Crippen LogP contribution is 2.31. The molecule has 3 atom stereocenters. The molecule has 12 heavy (non-hydrogen) atoms. The van der Waals surface area contributed by atoms with Crippen LogP contribution in [0.4, 0.5) is 0 Å². The van der Waals surface area contributed by atoms with E-state index in [1.54, 1.807) is 0 Å². The lowest BCUT2D eigenvalue weighted by Crippen LogP contribution is -2.07. The largest absolute Gasteiger partial charge is 0.364 e. The first-order valence-electron chi connectivity index (χ1n) is 4.75.